The SMILES string of the molecule is CC(C)(C)OC(=O)NCC(NC(=O)OC(C)(C)C)c1c[nH]c2cc(Br)ccc12. The molecule has 8 heteroatoms. The molecule has 0 radical (unpaired) electrons. The van der Waals surface area contributed by atoms with E-state index in [0.717, 1.165) is 20.9 Å². The van der Waals surface area contributed by atoms with Crippen LogP contribution in [0.15, 0.2) is 28.9 Å². The van der Waals surface area contributed by atoms with E-state index >= 15 is 0 Å². The molecular weight excluding hydrogens is 426 g/mol. The summed E-state index contributed by atoms with van der Waals surface area (Å²) < 4.78 is 11.6. The van der Waals surface area contributed by atoms with Gasteiger partial charge in [-0.25, -0.2) is 9.59 Å². The zero-order chi connectivity index (χ0) is 21.1. The number of carbonyl (C=O) groups excluding carboxylic acids is 2. The standard InChI is InChI=1S/C20H28BrN3O4/c1-19(2,3)27-17(25)23-11-16(24-18(26)28-20(4,5)6)14-10-22-15-9-12(21)7-8-13(14)15/h7-10,16,22H,11H2,1-6H3,(H,23,25)(H,24,26). The second kappa shape index (κ2) is 8.43. The monoisotopic (exact) mass is 453 g/mol. The maximum Gasteiger partial charge on any atom is 0.408 e. The number of hydrogen-bond acceptors (Lipinski definition) is 4. The number of fused-ring (bicyclic) bond motifs is 1. The molecule has 3 N–H and O–H groups in total. The Balaban J connectivity index is 2.22. The number of halogens is 1. The molecule has 0 saturated carbocycles. The fourth-order valence-corrected chi connectivity index (χ4v) is 2.96. The average Bonchev–Trinajstić information content (AvgIpc) is 2.90. The molecule has 7 nitrogen and oxygen atoms in total. The van der Waals surface area contributed by atoms with Crippen LogP contribution in [-0.2, 0) is 9.47 Å². The van der Waals surface area contributed by atoms with Crippen LogP contribution in [0.2, 0.25) is 0 Å². The molecule has 1 aromatic heterocycles. The van der Waals surface area contributed by atoms with Crippen molar-refractivity contribution in [1.29, 1.82) is 0 Å². The first-order valence-corrected chi connectivity index (χ1v) is 9.86. The number of aromatic amines is 1. The van der Waals surface area contributed by atoms with Crippen molar-refractivity contribution in [1.82, 2.24) is 15.6 Å². The molecule has 0 bridgehead atoms. The Kier molecular flexibility index (Phi) is 6.64. The zero-order valence-electron chi connectivity index (χ0n) is 17.1. The zero-order valence-corrected chi connectivity index (χ0v) is 18.7. The van der Waals surface area contributed by atoms with E-state index in [1.807, 2.05) is 24.4 Å². The lowest BCUT2D eigenvalue weighted by Gasteiger charge is -2.25. The highest BCUT2D eigenvalue weighted by Crippen LogP contribution is 2.27. The smallest absolute Gasteiger partial charge is 0.408 e. The second-order valence-electron chi connectivity index (χ2n) is 8.52. The number of hydrogen-bond donors (Lipinski definition) is 3. The van der Waals surface area contributed by atoms with Crippen molar-refractivity contribution in [3.8, 4) is 0 Å². The molecular formula is C20H28BrN3O4. The van der Waals surface area contributed by atoms with Gasteiger partial charge in [0.1, 0.15) is 11.2 Å². The molecule has 0 fully saturated rings. The highest BCUT2D eigenvalue weighted by Gasteiger charge is 2.24. The molecule has 0 spiro atoms. The van der Waals surface area contributed by atoms with Gasteiger partial charge in [0.05, 0.1) is 6.04 Å². The first kappa shape index (κ1) is 22.1. The lowest BCUT2D eigenvalue weighted by molar-refractivity contribution is 0.0463. The third-order valence-corrected chi connectivity index (χ3v) is 4.08. The quantitative estimate of drug-likeness (QED) is 0.605. The van der Waals surface area contributed by atoms with Crippen LogP contribution in [-0.4, -0.2) is 34.9 Å². The Morgan fingerprint density at radius 2 is 1.68 bits per heavy atom. The molecule has 1 heterocycles. The molecule has 1 aromatic carbocycles. The van der Waals surface area contributed by atoms with Crippen molar-refractivity contribution in [2.45, 2.75) is 58.8 Å². The van der Waals surface area contributed by atoms with Crippen LogP contribution < -0.4 is 10.6 Å². The van der Waals surface area contributed by atoms with Gasteiger partial charge in [-0.15, -0.1) is 0 Å². The molecule has 28 heavy (non-hydrogen) atoms. The minimum atomic E-state index is -0.627. The van der Waals surface area contributed by atoms with E-state index in [0.29, 0.717) is 0 Å². The van der Waals surface area contributed by atoms with Crippen LogP contribution in [0.5, 0.6) is 0 Å². The van der Waals surface area contributed by atoms with Crippen molar-refractivity contribution in [3.05, 3.63) is 34.4 Å². The molecule has 154 valence electrons. The van der Waals surface area contributed by atoms with Gasteiger partial charge in [0.25, 0.3) is 0 Å². The van der Waals surface area contributed by atoms with Crippen molar-refractivity contribution >= 4 is 39.0 Å². The Morgan fingerprint density at radius 1 is 1.07 bits per heavy atom. The van der Waals surface area contributed by atoms with Gasteiger partial charge in [0.15, 0.2) is 0 Å². The first-order valence-electron chi connectivity index (χ1n) is 9.07. The number of rotatable bonds is 4. The topological polar surface area (TPSA) is 92.5 Å². The Hall–Kier alpha value is -2.22. The summed E-state index contributed by atoms with van der Waals surface area (Å²) in [5.74, 6) is 0. The van der Waals surface area contributed by atoms with E-state index in [2.05, 4.69) is 31.5 Å². The molecule has 0 aliphatic rings. The maximum absolute atomic E-state index is 12.3. The van der Waals surface area contributed by atoms with Crippen LogP contribution in [0, 0.1) is 0 Å². The number of aromatic nitrogens is 1. The molecule has 0 saturated heterocycles. The Labute approximate surface area is 173 Å². The number of H-pyrrole nitrogens is 1. The number of amides is 2. The number of ether oxygens (including phenoxy) is 2. The predicted molar refractivity (Wildman–Crippen MR) is 112 cm³/mol. The lowest BCUT2D eigenvalue weighted by Crippen LogP contribution is -2.41. The van der Waals surface area contributed by atoms with Gasteiger partial charge in [0, 0.05) is 33.7 Å². The van der Waals surface area contributed by atoms with E-state index < -0.39 is 29.4 Å². The van der Waals surface area contributed by atoms with Gasteiger partial charge in [-0.2, -0.15) is 0 Å². The van der Waals surface area contributed by atoms with Crippen molar-refractivity contribution in [2.75, 3.05) is 6.54 Å². The van der Waals surface area contributed by atoms with Gasteiger partial charge in [0.2, 0.25) is 0 Å². The van der Waals surface area contributed by atoms with Gasteiger partial charge < -0.3 is 25.1 Å². The summed E-state index contributed by atoms with van der Waals surface area (Å²) in [6.07, 6.45) is 0.705. The predicted octanol–water partition coefficient (Wildman–Crippen LogP) is 5.02. The van der Waals surface area contributed by atoms with Gasteiger partial charge in [-0.05, 0) is 53.7 Å². The first-order chi connectivity index (χ1) is 12.8. The van der Waals surface area contributed by atoms with Crippen molar-refractivity contribution in [3.63, 3.8) is 0 Å². The summed E-state index contributed by atoms with van der Waals surface area (Å²) in [6, 6.07) is 5.32. The molecule has 2 rings (SSSR count). The number of nitrogens with one attached hydrogen (secondary N) is 3. The van der Waals surface area contributed by atoms with Crippen molar-refractivity contribution in [2.24, 2.45) is 0 Å². The molecule has 2 aromatic rings. The van der Waals surface area contributed by atoms with Gasteiger partial charge >= 0.3 is 12.2 Å². The fourth-order valence-electron chi connectivity index (χ4n) is 2.60. The minimum Gasteiger partial charge on any atom is -0.444 e. The lowest BCUT2D eigenvalue weighted by atomic mass is 10.1. The van der Waals surface area contributed by atoms with Crippen LogP contribution >= 0.6 is 15.9 Å². The molecule has 1 unspecified atom stereocenters. The van der Waals surface area contributed by atoms with E-state index in [1.165, 1.54) is 0 Å². The maximum atomic E-state index is 12.3. The highest BCUT2D eigenvalue weighted by atomic mass is 79.9. The van der Waals surface area contributed by atoms with Crippen LogP contribution in [0.4, 0.5) is 9.59 Å². The normalized spacial score (nSPS) is 13.1. The molecule has 0 aliphatic heterocycles. The molecule has 2 amide bonds. The average molecular weight is 454 g/mol. The largest absolute Gasteiger partial charge is 0.444 e. The number of alkyl carbamates (subject to hydrolysis) is 2. The third-order valence-electron chi connectivity index (χ3n) is 3.59. The van der Waals surface area contributed by atoms with E-state index in [1.54, 1.807) is 41.5 Å². The Morgan fingerprint density at radius 3 is 2.29 bits per heavy atom. The van der Waals surface area contributed by atoms with Crippen LogP contribution in [0.3, 0.4) is 0 Å². The summed E-state index contributed by atoms with van der Waals surface area (Å²) in [5, 5.41) is 6.50. The van der Waals surface area contributed by atoms with Crippen LogP contribution in [0.25, 0.3) is 10.9 Å². The van der Waals surface area contributed by atoms with E-state index in [9.17, 15) is 9.59 Å². The highest BCUT2D eigenvalue weighted by molar-refractivity contribution is 9.10. The van der Waals surface area contributed by atoms with Gasteiger partial charge in [-0.1, -0.05) is 22.0 Å². The van der Waals surface area contributed by atoms with E-state index in [4.69, 9.17) is 9.47 Å². The van der Waals surface area contributed by atoms with Crippen LogP contribution in [0.1, 0.15) is 53.1 Å². The summed E-state index contributed by atoms with van der Waals surface area (Å²) in [4.78, 5) is 27.6. The third kappa shape index (κ3) is 6.74. The van der Waals surface area contributed by atoms with E-state index in [-0.39, 0.29) is 6.54 Å². The number of carbonyl (C=O) groups is 2. The minimum absolute atomic E-state index is 0.150. The molecule has 1 atom stereocenters. The fraction of sp³-hybridized carbons (Fsp3) is 0.500. The molecule has 0 aliphatic carbocycles. The van der Waals surface area contributed by atoms with Gasteiger partial charge in [-0.3, -0.25) is 0 Å². The van der Waals surface area contributed by atoms with Crippen molar-refractivity contribution < 1.29 is 19.1 Å². The summed E-state index contributed by atoms with van der Waals surface area (Å²) >= 11 is 3.45. The number of benzene rings is 1. The summed E-state index contributed by atoms with van der Waals surface area (Å²) in [7, 11) is 0. The second-order valence-corrected chi connectivity index (χ2v) is 9.43. The summed E-state index contributed by atoms with van der Waals surface area (Å²) in [5.41, 5.74) is 0.519. The summed E-state index contributed by atoms with van der Waals surface area (Å²) in [6.45, 7) is 10.9. The Bertz CT molecular complexity index is 849.